The largest absolute Gasteiger partial charge is 0.259 e. The Kier molecular flexibility index (Phi) is 3.88. The molecule has 1 aliphatic carbocycles. The molecular formula is C19H15N4. The summed E-state index contributed by atoms with van der Waals surface area (Å²) in [5.74, 6) is 1.11. The highest BCUT2D eigenvalue weighted by molar-refractivity contribution is 5.59. The zero-order valence-electron chi connectivity index (χ0n) is 12.5. The van der Waals surface area contributed by atoms with Crippen molar-refractivity contribution in [2.45, 2.75) is 6.54 Å². The molecule has 1 fully saturated rings. The van der Waals surface area contributed by atoms with Crippen molar-refractivity contribution in [1.29, 1.82) is 0 Å². The summed E-state index contributed by atoms with van der Waals surface area (Å²) in [5, 5.41) is 4.76. The zero-order valence-corrected chi connectivity index (χ0v) is 12.5. The molecule has 0 N–H and O–H groups in total. The van der Waals surface area contributed by atoms with Gasteiger partial charge in [-0.15, -0.1) is 0 Å². The smallest absolute Gasteiger partial charge is 0.0883 e. The fraction of sp³-hybridized carbons (Fsp3) is 0.0526. The molecule has 1 aliphatic rings. The van der Waals surface area contributed by atoms with Gasteiger partial charge in [-0.25, -0.2) is 0 Å². The molecule has 0 spiro atoms. The number of nitrogens with zero attached hydrogens (tertiary/aromatic N) is 4. The van der Waals surface area contributed by atoms with Gasteiger partial charge < -0.3 is 0 Å². The summed E-state index contributed by atoms with van der Waals surface area (Å²) in [4.78, 5) is 8.86. The van der Waals surface area contributed by atoms with E-state index in [1.807, 2.05) is 53.9 Å². The van der Waals surface area contributed by atoms with Crippen LogP contribution in [0.5, 0.6) is 0 Å². The maximum absolute atomic E-state index is 4.76. The highest BCUT2D eigenvalue weighted by Crippen LogP contribution is 2.31. The number of hydrogen-bond acceptors (Lipinski definition) is 3. The normalized spacial score (nSPS) is 15.1. The van der Waals surface area contributed by atoms with E-state index in [4.69, 9.17) is 5.10 Å². The van der Waals surface area contributed by atoms with Crippen LogP contribution < -0.4 is 0 Å². The first-order valence-electron chi connectivity index (χ1n) is 7.51. The first kappa shape index (κ1) is 14.1. The van der Waals surface area contributed by atoms with Gasteiger partial charge >= 0.3 is 0 Å². The Bertz CT molecular complexity index is 759. The van der Waals surface area contributed by atoms with Crippen LogP contribution in [0.25, 0.3) is 11.4 Å². The van der Waals surface area contributed by atoms with Crippen molar-refractivity contribution >= 4 is 0 Å². The van der Waals surface area contributed by atoms with E-state index in [-0.39, 0.29) is 0 Å². The molecule has 4 nitrogen and oxygen atoms in total. The quantitative estimate of drug-likeness (QED) is 0.743. The molecule has 0 amide bonds. The lowest BCUT2D eigenvalue weighted by Gasteiger charge is -2.06. The standard InChI is InChI=1S/C19H15N4/c1-2-8-15(7-1)18-13-19(17-10-4-6-12-21-17)23(22-18)14-16-9-3-5-11-20-16/h1-13H,14H2. The van der Waals surface area contributed by atoms with Crippen molar-refractivity contribution in [1.82, 2.24) is 19.7 Å². The van der Waals surface area contributed by atoms with Crippen LogP contribution in [-0.2, 0) is 6.54 Å². The second-order valence-electron chi connectivity index (χ2n) is 5.28. The fourth-order valence-corrected chi connectivity index (χ4v) is 2.59. The Morgan fingerprint density at radius 3 is 2.30 bits per heavy atom. The molecule has 0 unspecified atom stereocenters. The van der Waals surface area contributed by atoms with Crippen LogP contribution >= 0.6 is 0 Å². The number of hydrogen-bond donors (Lipinski definition) is 0. The zero-order chi connectivity index (χ0) is 15.5. The monoisotopic (exact) mass is 299 g/mol. The minimum Gasteiger partial charge on any atom is -0.259 e. The van der Waals surface area contributed by atoms with E-state index in [2.05, 4.69) is 28.9 Å². The second kappa shape index (κ2) is 6.32. The van der Waals surface area contributed by atoms with E-state index in [0.717, 1.165) is 28.7 Å². The lowest BCUT2D eigenvalue weighted by Crippen LogP contribution is -2.07. The molecule has 3 aromatic rings. The molecule has 4 heteroatoms. The average Bonchev–Trinajstić information content (AvgIpc) is 3.26. The molecule has 4 rings (SSSR count). The van der Waals surface area contributed by atoms with Gasteiger partial charge in [-0.1, -0.05) is 12.1 Å². The predicted octanol–water partition coefficient (Wildman–Crippen LogP) is 3.14. The van der Waals surface area contributed by atoms with Gasteiger partial charge in [0.15, 0.2) is 0 Å². The van der Waals surface area contributed by atoms with Gasteiger partial charge in [0.05, 0.1) is 29.3 Å². The third kappa shape index (κ3) is 3.02. The summed E-state index contributed by atoms with van der Waals surface area (Å²) in [7, 11) is 0. The van der Waals surface area contributed by atoms with Crippen LogP contribution in [0, 0.1) is 31.6 Å². The molecule has 3 heterocycles. The first-order chi connectivity index (χ1) is 11.4. The van der Waals surface area contributed by atoms with Crippen molar-refractivity contribution in [3.63, 3.8) is 0 Å². The van der Waals surface area contributed by atoms with Gasteiger partial charge in [0.25, 0.3) is 0 Å². The molecule has 1 saturated carbocycles. The topological polar surface area (TPSA) is 43.6 Å². The molecule has 111 valence electrons. The summed E-state index contributed by atoms with van der Waals surface area (Å²) in [6.45, 7) is 0.619. The van der Waals surface area contributed by atoms with E-state index >= 15 is 0 Å². The van der Waals surface area contributed by atoms with Crippen LogP contribution in [0.4, 0.5) is 0 Å². The first-order valence-corrected chi connectivity index (χ1v) is 7.51. The molecule has 5 radical (unpaired) electrons. The van der Waals surface area contributed by atoms with Gasteiger partial charge in [0.2, 0.25) is 0 Å². The average molecular weight is 299 g/mol. The second-order valence-corrected chi connectivity index (χ2v) is 5.28. The summed E-state index contributed by atoms with van der Waals surface area (Å²) in [6, 6.07) is 13.9. The van der Waals surface area contributed by atoms with Crippen LogP contribution in [0.2, 0.25) is 0 Å². The highest BCUT2D eigenvalue weighted by Gasteiger charge is 2.23. The lowest BCUT2D eigenvalue weighted by atomic mass is 10.0. The fourth-order valence-electron chi connectivity index (χ4n) is 2.59. The third-order valence-corrected chi connectivity index (χ3v) is 3.70. The highest BCUT2D eigenvalue weighted by atomic mass is 15.3. The van der Waals surface area contributed by atoms with Gasteiger partial charge in [-0.05, 0) is 56.0 Å². The Balaban J connectivity index is 1.73. The van der Waals surface area contributed by atoms with E-state index in [0.29, 0.717) is 6.54 Å². The van der Waals surface area contributed by atoms with Crippen molar-refractivity contribution in [2.24, 2.45) is 0 Å². The summed E-state index contributed by atoms with van der Waals surface area (Å²) in [5.41, 5.74) is 3.83. The van der Waals surface area contributed by atoms with Crippen LogP contribution in [0.1, 0.15) is 11.4 Å². The minimum absolute atomic E-state index is 0.619. The molecule has 0 saturated heterocycles. The Labute approximate surface area is 136 Å². The molecule has 3 aromatic heterocycles. The van der Waals surface area contributed by atoms with Gasteiger partial charge in [-0.2, -0.15) is 5.10 Å². The van der Waals surface area contributed by atoms with Crippen molar-refractivity contribution < 1.29 is 0 Å². The molecule has 0 atom stereocenters. The number of rotatable bonds is 4. The van der Waals surface area contributed by atoms with Crippen LogP contribution in [0.3, 0.4) is 0 Å². The van der Waals surface area contributed by atoms with Gasteiger partial charge in [0, 0.05) is 18.3 Å². The Morgan fingerprint density at radius 1 is 0.826 bits per heavy atom. The van der Waals surface area contributed by atoms with Crippen molar-refractivity contribution in [2.75, 3.05) is 0 Å². The Morgan fingerprint density at radius 2 is 1.61 bits per heavy atom. The molecular weight excluding hydrogens is 284 g/mol. The van der Waals surface area contributed by atoms with E-state index in [1.54, 1.807) is 12.4 Å². The number of aromatic nitrogens is 4. The maximum Gasteiger partial charge on any atom is 0.0883 e. The summed E-state index contributed by atoms with van der Waals surface area (Å²) >= 11 is 0. The van der Waals surface area contributed by atoms with Crippen molar-refractivity contribution in [3.8, 4) is 11.4 Å². The predicted molar refractivity (Wildman–Crippen MR) is 88.3 cm³/mol. The molecule has 0 bridgehead atoms. The van der Waals surface area contributed by atoms with Gasteiger partial charge in [-0.3, -0.25) is 14.6 Å². The maximum atomic E-state index is 4.76. The van der Waals surface area contributed by atoms with Crippen molar-refractivity contribution in [3.05, 3.63) is 97.8 Å². The van der Waals surface area contributed by atoms with E-state index in [1.165, 1.54) is 0 Å². The van der Waals surface area contributed by atoms with Crippen LogP contribution in [0.15, 0.2) is 54.9 Å². The summed E-state index contributed by atoms with van der Waals surface area (Å²) < 4.78 is 1.97. The van der Waals surface area contributed by atoms with E-state index in [9.17, 15) is 0 Å². The van der Waals surface area contributed by atoms with E-state index < -0.39 is 0 Å². The molecule has 0 aliphatic heterocycles. The van der Waals surface area contributed by atoms with Crippen LogP contribution in [-0.4, -0.2) is 19.7 Å². The Hall–Kier alpha value is -2.49. The summed E-state index contributed by atoms with van der Waals surface area (Å²) in [6.07, 6.45) is 11.8. The molecule has 23 heavy (non-hydrogen) atoms. The van der Waals surface area contributed by atoms with Gasteiger partial charge in [0.1, 0.15) is 0 Å². The minimum atomic E-state index is 0.619. The molecule has 0 aromatic carbocycles. The third-order valence-electron chi connectivity index (χ3n) is 3.70. The lowest BCUT2D eigenvalue weighted by molar-refractivity contribution is 0.671. The SMILES string of the molecule is [CH]1[CH][CH][C](c2cc(-c3ccccn3)n(Cc3ccccn3)n2)[CH]1. The number of pyridine rings is 2.